The smallest absolute Gasteiger partial charge is 0.222 e. The number of imidazole rings is 1. The summed E-state index contributed by atoms with van der Waals surface area (Å²) in [6.07, 6.45) is 18.3. The Bertz CT molecular complexity index is 868. The first-order valence-electron chi connectivity index (χ1n) is 8.50. The number of anilines is 1. The molecule has 2 heterocycles. The molecule has 138 valence electrons. The van der Waals surface area contributed by atoms with Crippen LogP contribution in [0.1, 0.15) is 18.2 Å². The van der Waals surface area contributed by atoms with Gasteiger partial charge in [0.2, 0.25) is 5.95 Å². The van der Waals surface area contributed by atoms with Crippen molar-refractivity contribution in [1.82, 2.24) is 19.5 Å². The third-order valence-electron chi connectivity index (χ3n) is 3.74. The van der Waals surface area contributed by atoms with Crippen molar-refractivity contribution in [2.75, 3.05) is 5.32 Å². The fourth-order valence-corrected chi connectivity index (χ4v) is 2.31. The van der Waals surface area contributed by atoms with E-state index in [0.717, 1.165) is 16.8 Å². The van der Waals surface area contributed by atoms with Crippen molar-refractivity contribution < 1.29 is 0 Å². The summed E-state index contributed by atoms with van der Waals surface area (Å²) in [7, 11) is 0. The SMILES string of the molecule is C=C/C=C(\N=C)c1cnc(NCc2cncn2C/C(C=C)=C/C=C\C)nc1. The average molecular weight is 360 g/mol. The molecule has 0 saturated carbocycles. The van der Waals surface area contributed by atoms with Gasteiger partial charge in [0.1, 0.15) is 0 Å². The van der Waals surface area contributed by atoms with Crippen LogP contribution in [0.15, 0.2) is 85.1 Å². The van der Waals surface area contributed by atoms with Gasteiger partial charge in [-0.25, -0.2) is 15.0 Å². The Kier molecular flexibility index (Phi) is 7.66. The van der Waals surface area contributed by atoms with Crippen molar-refractivity contribution in [1.29, 1.82) is 0 Å². The maximum Gasteiger partial charge on any atom is 0.222 e. The summed E-state index contributed by atoms with van der Waals surface area (Å²) in [5.41, 5.74) is 3.59. The number of hydrogen-bond donors (Lipinski definition) is 1. The zero-order valence-corrected chi connectivity index (χ0v) is 15.5. The van der Waals surface area contributed by atoms with Crippen LogP contribution in [0.4, 0.5) is 5.95 Å². The summed E-state index contributed by atoms with van der Waals surface area (Å²) in [6, 6.07) is 0. The minimum atomic E-state index is 0.530. The molecule has 2 aromatic heterocycles. The van der Waals surface area contributed by atoms with Crippen molar-refractivity contribution in [3.8, 4) is 0 Å². The summed E-state index contributed by atoms with van der Waals surface area (Å²) in [4.78, 5) is 16.8. The summed E-state index contributed by atoms with van der Waals surface area (Å²) >= 11 is 0. The molecule has 0 aliphatic rings. The molecule has 27 heavy (non-hydrogen) atoms. The molecule has 0 aliphatic heterocycles. The van der Waals surface area contributed by atoms with Gasteiger partial charge in [-0.15, -0.1) is 0 Å². The lowest BCUT2D eigenvalue weighted by Crippen LogP contribution is -2.09. The predicted molar refractivity (Wildman–Crippen MR) is 112 cm³/mol. The van der Waals surface area contributed by atoms with E-state index in [4.69, 9.17) is 0 Å². The van der Waals surface area contributed by atoms with Gasteiger partial charge < -0.3 is 9.88 Å². The maximum absolute atomic E-state index is 4.33. The molecule has 0 atom stereocenters. The van der Waals surface area contributed by atoms with Gasteiger partial charge in [0, 0.05) is 30.7 Å². The van der Waals surface area contributed by atoms with Crippen LogP contribution in [-0.2, 0) is 13.1 Å². The van der Waals surface area contributed by atoms with Crippen LogP contribution in [0.2, 0.25) is 0 Å². The van der Waals surface area contributed by atoms with E-state index < -0.39 is 0 Å². The molecule has 0 unspecified atom stereocenters. The Morgan fingerprint density at radius 3 is 2.63 bits per heavy atom. The lowest BCUT2D eigenvalue weighted by molar-refractivity contribution is 0.747. The van der Waals surface area contributed by atoms with Crippen molar-refractivity contribution >= 4 is 18.4 Å². The second-order valence-electron chi connectivity index (χ2n) is 5.58. The van der Waals surface area contributed by atoms with Gasteiger partial charge in [-0.1, -0.05) is 43.5 Å². The molecular formula is C21H24N6. The Morgan fingerprint density at radius 2 is 2.00 bits per heavy atom. The molecule has 2 rings (SSSR count). The lowest BCUT2D eigenvalue weighted by Gasteiger charge is -2.10. The highest BCUT2D eigenvalue weighted by Crippen LogP contribution is 2.14. The van der Waals surface area contributed by atoms with Crippen LogP contribution in [-0.4, -0.2) is 26.2 Å². The van der Waals surface area contributed by atoms with Crippen LogP contribution in [0, 0.1) is 0 Å². The van der Waals surface area contributed by atoms with E-state index in [0.29, 0.717) is 24.7 Å². The van der Waals surface area contributed by atoms with Gasteiger partial charge in [-0.05, 0) is 25.3 Å². The van der Waals surface area contributed by atoms with Gasteiger partial charge in [0.05, 0.1) is 24.3 Å². The van der Waals surface area contributed by atoms with Crippen molar-refractivity contribution in [2.24, 2.45) is 4.99 Å². The summed E-state index contributed by atoms with van der Waals surface area (Å²) in [5, 5.41) is 3.21. The fraction of sp³-hybridized carbons (Fsp3) is 0.143. The largest absolute Gasteiger partial charge is 0.349 e. The Labute approximate surface area is 160 Å². The van der Waals surface area contributed by atoms with Gasteiger partial charge in [0.15, 0.2) is 0 Å². The highest BCUT2D eigenvalue weighted by molar-refractivity contribution is 5.68. The number of nitrogens with zero attached hydrogens (tertiary/aromatic N) is 5. The van der Waals surface area contributed by atoms with Gasteiger partial charge in [0.25, 0.3) is 0 Å². The van der Waals surface area contributed by atoms with E-state index in [1.807, 2.05) is 37.4 Å². The predicted octanol–water partition coefficient (Wildman–Crippen LogP) is 4.20. The van der Waals surface area contributed by atoms with E-state index >= 15 is 0 Å². The van der Waals surface area contributed by atoms with Crippen LogP contribution in [0.25, 0.3) is 5.70 Å². The Morgan fingerprint density at radius 1 is 1.22 bits per heavy atom. The highest BCUT2D eigenvalue weighted by Gasteiger charge is 2.05. The molecule has 0 radical (unpaired) electrons. The van der Waals surface area contributed by atoms with Crippen molar-refractivity contribution in [2.45, 2.75) is 20.0 Å². The molecule has 0 fully saturated rings. The average Bonchev–Trinajstić information content (AvgIpc) is 3.15. The maximum atomic E-state index is 4.33. The van der Waals surface area contributed by atoms with Crippen LogP contribution in [0.3, 0.4) is 0 Å². The van der Waals surface area contributed by atoms with Crippen LogP contribution in [0.5, 0.6) is 0 Å². The zero-order valence-electron chi connectivity index (χ0n) is 15.5. The molecule has 0 amide bonds. The molecule has 6 nitrogen and oxygen atoms in total. The van der Waals surface area contributed by atoms with Crippen LogP contribution >= 0.6 is 0 Å². The third kappa shape index (κ3) is 5.74. The van der Waals surface area contributed by atoms with Crippen molar-refractivity contribution in [3.63, 3.8) is 0 Å². The molecule has 0 aliphatic carbocycles. The Balaban J connectivity index is 2.04. The van der Waals surface area contributed by atoms with Gasteiger partial charge in [-0.2, -0.15) is 0 Å². The number of aromatic nitrogens is 4. The minimum absolute atomic E-state index is 0.530. The second kappa shape index (κ2) is 10.5. The first kappa shape index (κ1) is 19.8. The first-order chi connectivity index (χ1) is 13.2. The number of nitrogens with one attached hydrogen (secondary N) is 1. The minimum Gasteiger partial charge on any atom is -0.349 e. The fourth-order valence-electron chi connectivity index (χ4n) is 2.31. The molecule has 0 aromatic carbocycles. The van der Waals surface area contributed by atoms with E-state index in [1.165, 1.54) is 0 Å². The number of aliphatic imine (C=N–C) groups is 1. The summed E-state index contributed by atoms with van der Waals surface area (Å²) in [6.45, 7) is 14.3. The number of allylic oxidation sites excluding steroid dienone is 7. The molecule has 0 spiro atoms. The van der Waals surface area contributed by atoms with E-state index in [1.54, 1.807) is 30.9 Å². The molecule has 0 bridgehead atoms. The quantitative estimate of drug-likeness (QED) is 0.509. The van der Waals surface area contributed by atoms with Gasteiger partial charge in [-0.3, -0.25) is 4.99 Å². The highest BCUT2D eigenvalue weighted by atomic mass is 15.1. The van der Waals surface area contributed by atoms with Crippen LogP contribution < -0.4 is 5.32 Å². The molecule has 0 saturated heterocycles. The van der Waals surface area contributed by atoms with Gasteiger partial charge >= 0.3 is 0 Å². The van der Waals surface area contributed by atoms with E-state index in [-0.39, 0.29) is 0 Å². The molecule has 1 N–H and O–H groups in total. The van der Waals surface area contributed by atoms with E-state index in [2.05, 4.69) is 49.7 Å². The third-order valence-corrected chi connectivity index (χ3v) is 3.74. The second-order valence-corrected chi connectivity index (χ2v) is 5.58. The lowest BCUT2D eigenvalue weighted by atomic mass is 10.2. The monoisotopic (exact) mass is 360 g/mol. The summed E-state index contributed by atoms with van der Waals surface area (Å²) < 4.78 is 2.06. The van der Waals surface area contributed by atoms with Crippen molar-refractivity contribution in [3.05, 3.63) is 91.4 Å². The first-order valence-corrected chi connectivity index (χ1v) is 8.50. The Hall–Kier alpha value is -3.54. The molecule has 6 heteroatoms. The number of hydrogen-bond acceptors (Lipinski definition) is 5. The normalized spacial score (nSPS) is 12.2. The number of rotatable bonds is 10. The zero-order chi connectivity index (χ0) is 19.5. The topological polar surface area (TPSA) is 68.0 Å². The molecular weight excluding hydrogens is 336 g/mol. The summed E-state index contributed by atoms with van der Waals surface area (Å²) in [5.74, 6) is 0.530. The molecule has 2 aromatic rings. The van der Waals surface area contributed by atoms with E-state index in [9.17, 15) is 0 Å². The standard InChI is InChI=1S/C21H24N6/c1-5-8-10-17(7-3)15-27-16-23-13-19(27)14-26-21-24-11-18(12-25-21)20(22-4)9-6-2/h5-13,16H,2-4,14-15H2,1H3,(H,24,25,26)/b8-5-,17-10+,20-9-.